The van der Waals surface area contributed by atoms with Crippen LogP contribution in [0.1, 0.15) is 48.3 Å². The Bertz CT molecular complexity index is 994. The number of aromatic nitrogens is 2. The molecule has 4 heterocycles. The van der Waals surface area contributed by atoms with Crippen molar-refractivity contribution in [1.29, 1.82) is 0 Å². The van der Waals surface area contributed by atoms with Gasteiger partial charge in [0.25, 0.3) is 0 Å². The second-order valence-corrected chi connectivity index (χ2v) is 8.36. The third-order valence-corrected chi connectivity index (χ3v) is 6.72. The highest BCUT2D eigenvalue weighted by Crippen LogP contribution is 2.47. The Morgan fingerprint density at radius 1 is 1.19 bits per heavy atom. The first kappa shape index (κ1) is 17.0. The normalized spacial score (nSPS) is 23.4. The molecule has 0 radical (unpaired) electrons. The highest BCUT2D eigenvalue weighted by atomic mass is 16.3. The number of fused-ring (bicyclic) bond motifs is 5. The van der Waals surface area contributed by atoms with Gasteiger partial charge in [0.15, 0.2) is 0 Å². The highest BCUT2D eigenvalue weighted by molar-refractivity contribution is 5.87. The molecule has 0 saturated carbocycles. The lowest BCUT2D eigenvalue weighted by Gasteiger charge is -2.40. The standard InChI is InChI=1S/C23H27N3O/c1-16-4-5-19-18(14-16)22-20(8-13-25-12-3-9-23(22,25)2)26(19)15-21(27)17-6-10-24-11-7-17/h4-7,10-11,14,21,27H,3,8-9,12-13,15H2,1-2H3/t21-,23-/m1/s1. The Morgan fingerprint density at radius 3 is 2.81 bits per heavy atom. The fourth-order valence-electron chi connectivity index (χ4n) is 5.36. The van der Waals surface area contributed by atoms with E-state index >= 15 is 0 Å². The van der Waals surface area contributed by atoms with Crippen molar-refractivity contribution in [2.75, 3.05) is 13.1 Å². The molecule has 0 bridgehead atoms. The summed E-state index contributed by atoms with van der Waals surface area (Å²) in [6.45, 7) is 7.50. The van der Waals surface area contributed by atoms with E-state index in [1.807, 2.05) is 12.1 Å². The topological polar surface area (TPSA) is 41.3 Å². The molecule has 5 rings (SSSR count). The summed E-state index contributed by atoms with van der Waals surface area (Å²) in [6, 6.07) is 10.6. The molecule has 1 N–H and O–H groups in total. The zero-order valence-electron chi connectivity index (χ0n) is 16.2. The average molecular weight is 361 g/mol. The molecule has 2 aromatic heterocycles. The van der Waals surface area contributed by atoms with Crippen LogP contribution in [-0.4, -0.2) is 32.6 Å². The predicted octanol–water partition coefficient (Wildman–Crippen LogP) is 3.95. The molecule has 0 unspecified atom stereocenters. The molecule has 4 heteroatoms. The van der Waals surface area contributed by atoms with Crippen LogP contribution in [0.3, 0.4) is 0 Å². The molecule has 0 amide bonds. The first-order valence-electron chi connectivity index (χ1n) is 10.0. The first-order chi connectivity index (χ1) is 13.1. The number of pyridine rings is 1. The van der Waals surface area contributed by atoms with Gasteiger partial charge in [0, 0.05) is 53.1 Å². The maximum Gasteiger partial charge on any atom is 0.0970 e. The van der Waals surface area contributed by atoms with Gasteiger partial charge in [-0.2, -0.15) is 0 Å². The fraction of sp³-hybridized carbons (Fsp3) is 0.435. The van der Waals surface area contributed by atoms with Crippen molar-refractivity contribution in [3.8, 4) is 0 Å². The molecule has 0 aliphatic carbocycles. The Hall–Kier alpha value is -2.17. The summed E-state index contributed by atoms with van der Waals surface area (Å²) < 4.78 is 2.39. The summed E-state index contributed by atoms with van der Waals surface area (Å²) in [6.07, 6.45) is 6.53. The third kappa shape index (κ3) is 2.54. The van der Waals surface area contributed by atoms with Gasteiger partial charge in [0.05, 0.1) is 12.6 Å². The van der Waals surface area contributed by atoms with Crippen molar-refractivity contribution in [2.24, 2.45) is 0 Å². The molecular formula is C23H27N3O. The summed E-state index contributed by atoms with van der Waals surface area (Å²) in [4.78, 5) is 6.74. The van der Waals surface area contributed by atoms with Gasteiger partial charge in [-0.15, -0.1) is 0 Å². The third-order valence-electron chi connectivity index (χ3n) is 6.72. The smallest absolute Gasteiger partial charge is 0.0970 e. The maximum absolute atomic E-state index is 10.9. The molecule has 2 aliphatic heterocycles. The van der Waals surface area contributed by atoms with E-state index in [0.717, 1.165) is 18.5 Å². The zero-order chi connectivity index (χ0) is 18.6. The summed E-state index contributed by atoms with van der Waals surface area (Å²) in [5.74, 6) is 0. The zero-order valence-corrected chi connectivity index (χ0v) is 16.2. The minimum Gasteiger partial charge on any atom is -0.387 e. The average Bonchev–Trinajstić information content (AvgIpc) is 3.20. The number of benzene rings is 1. The van der Waals surface area contributed by atoms with Crippen LogP contribution >= 0.6 is 0 Å². The Morgan fingerprint density at radius 2 is 2.00 bits per heavy atom. The lowest BCUT2D eigenvalue weighted by Crippen LogP contribution is -2.44. The Balaban J connectivity index is 1.67. The molecule has 1 aromatic carbocycles. The molecule has 1 saturated heterocycles. The molecule has 2 atom stereocenters. The lowest BCUT2D eigenvalue weighted by atomic mass is 9.83. The lowest BCUT2D eigenvalue weighted by molar-refractivity contribution is 0.135. The van der Waals surface area contributed by atoms with Gasteiger partial charge in [0.1, 0.15) is 0 Å². The van der Waals surface area contributed by atoms with Gasteiger partial charge in [-0.1, -0.05) is 11.6 Å². The second kappa shape index (κ2) is 6.18. The van der Waals surface area contributed by atoms with E-state index in [2.05, 4.69) is 46.5 Å². The minimum absolute atomic E-state index is 0.131. The molecule has 0 spiro atoms. The van der Waals surface area contributed by atoms with Gasteiger partial charge in [0.2, 0.25) is 0 Å². The van der Waals surface area contributed by atoms with Crippen molar-refractivity contribution >= 4 is 10.9 Å². The van der Waals surface area contributed by atoms with Crippen LogP contribution in [-0.2, 0) is 18.5 Å². The number of aliphatic hydroxyl groups is 1. The largest absolute Gasteiger partial charge is 0.387 e. The van der Waals surface area contributed by atoms with Crippen LogP contribution in [0.5, 0.6) is 0 Å². The summed E-state index contributed by atoms with van der Waals surface area (Å²) in [5.41, 5.74) is 6.55. The van der Waals surface area contributed by atoms with E-state index in [9.17, 15) is 5.11 Å². The van der Waals surface area contributed by atoms with Crippen molar-refractivity contribution < 1.29 is 5.11 Å². The van der Waals surface area contributed by atoms with Crippen LogP contribution in [0.25, 0.3) is 10.9 Å². The Labute approximate surface area is 160 Å². The first-order valence-corrected chi connectivity index (χ1v) is 10.0. The molecule has 27 heavy (non-hydrogen) atoms. The number of aryl methyl sites for hydroxylation is 1. The number of hydrogen-bond acceptors (Lipinski definition) is 3. The van der Waals surface area contributed by atoms with Crippen LogP contribution in [0, 0.1) is 6.92 Å². The number of hydrogen-bond donors (Lipinski definition) is 1. The van der Waals surface area contributed by atoms with Crippen molar-refractivity contribution in [3.63, 3.8) is 0 Å². The van der Waals surface area contributed by atoms with E-state index in [4.69, 9.17) is 0 Å². The molecular weight excluding hydrogens is 334 g/mol. The Kier molecular flexibility index (Phi) is 3.88. The monoisotopic (exact) mass is 361 g/mol. The molecule has 4 nitrogen and oxygen atoms in total. The molecule has 1 fully saturated rings. The molecule has 140 valence electrons. The van der Waals surface area contributed by atoms with Gasteiger partial charge in [-0.05, 0) is 63.1 Å². The van der Waals surface area contributed by atoms with E-state index < -0.39 is 6.10 Å². The molecule has 3 aromatic rings. The van der Waals surface area contributed by atoms with Gasteiger partial charge < -0.3 is 9.67 Å². The molecule has 2 aliphatic rings. The quantitative estimate of drug-likeness (QED) is 0.768. The number of aliphatic hydroxyl groups excluding tert-OH is 1. The highest BCUT2D eigenvalue weighted by Gasteiger charge is 2.44. The van der Waals surface area contributed by atoms with Crippen LogP contribution in [0.4, 0.5) is 0 Å². The number of nitrogens with zero attached hydrogens (tertiary/aromatic N) is 3. The summed E-state index contributed by atoms with van der Waals surface area (Å²) in [5, 5.41) is 12.3. The van der Waals surface area contributed by atoms with Crippen molar-refractivity contribution in [1.82, 2.24) is 14.5 Å². The number of rotatable bonds is 3. The van der Waals surface area contributed by atoms with E-state index in [1.165, 1.54) is 47.1 Å². The predicted molar refractivity (Wildman–Crippen MR) is 108 cm³/mol. The van der Waals surface area contributed by atoms with Crippen molar-refractivity contribution in [2.45, 2.75) is 51.3 Å². The van der Waals surface area contributed by atoms with Crippen LogP contribution in [0.2, 0.25) is 0 Å². The van der Waals surface area contributed by atoms with E-state index in [1.54, 1.807) is 12.4 Å². The van der Waals surface area contributed by atoms with Crippen LogP contribution in [0.15, 0.2) is 42.7 Å². The SMILES string of the molecule is Cc1ccc2c(c1)c1c(n2C[C@@H](O)c2ccncc2)CCN2CCC[C@]12C. The summed E-state index contributed by atoms with van der Waals surface area (Å²) >= 11 is 0. The second-order valence-electron chi connectivity index (χ2n) is 8.36. The minimum atomic E-state index is -0.525. The summed E-state index contributed by atoms with van der Waals surface area (Å²) in [7, 11) is 0. The maximum atomic E-state index is 10.9. The van der Waals surface area contributed by atoms with Gasteiger partial charge in [-0.25, -0.2) is 0 Å². The van der Waals surface area contributed by atoms with E-state index in [0.29, 0.717) is 6.54 Å². The van der Waals surface area contributed by atoms with Gasteiger partial charge >= 0.3 is 0 Å². The van der Waals surface area contributed by atoms with Crippen LogP contribution < -0.4 is 0 Å². The van der Waals surface area contributed by atoms with Crippen molar-refractivity contribution in [3.05, 3.63) is 65.1 Å². The van der Waals surface area contributed by atoms with E-state index in [-0.39, 0.29) is 5.54 Å². The fourth-order valence-corrected chi connectivity index (χ4v) is 5.36. The van der Waals surface area contributed by atoms with Gasteiger partial charge in [-0.3, -0.25) is 9.88 Å².